The van der Waals surface area contributed by atoms with E-state index in [4.69, 9.17) is 24.1 Å². The summed E-state index contributed by atoms with van der Waals surface area (Å²) in [6, 6.07) is 0. The van der Waals surface area contributed by atoms with Gasteiger partial charge in [0.15, 0.2) is 12.6 Å². The molecule has 2 aliphatic heterocycles. The smallest absolute Gasteiger partial charge is 0.303 e. The summed E-state index contributed by atoms with van der Waals surface area (Å²) in [6.45, 7) is 7.66. The molecule has 3 fully saturated rings. The fraction of sp³-hybridized carbons (Fsp3) is 0.781. The molecule has 0 aromatic rings. The number of hydrogen-bond acceptors (Lipinski definition) is 6. The fourth-order valence-electron chi connectivity index (χ4n) is 5.70. The molecule has 7 heteroatoms. The lowest BCUT2D eigenvalue weighted by molar-refractivity contribution is -0.197. The van der Waals surface area contributed by atoms with Crippen molar-refractivity contribution in [2.24, 2.45) is 17.3 Å². The highest BCUT2D eigenvalue weighted by Gasteiger charge is 2.43. The number of unbranched alkanes of at least 4 members (excludes halogenated alkanes) is 1. The predicted octanol–water partition coefficient (Wildman–Crippen LogP) is 6.00. The van der Waals surface area contributed by atoms with Crippen LogP contribution in [0.4, 0.5) is 0 Å². The molecular weight excluding hydrogens is 496 g/mol. The first kappa shape index (κ1) is 31.8. The maximum absolute atomic E-state index is 11.1. The molecule has 3 rings (SSSR count). The summed E-state index contributed by atoms with van der Waals surface area (Å²) in [5, 5.41) is 20.0. The van der Waals surface area contributed by atoms with Gasteiger partial charge in [0.25, 0.3) is 0 Å². The van der Waals surface area contributed by atoms with Crippen molar-refractivity contribution >= 4 is 5.97 Å². The lowest BCUT2D eigenvalue weighted by Crippen LogP contribution is -2.36. The summed E-state index contributed by atoms with van der Waals surface area (Å²) >= 11 is 0. The number of carboxylic acid groups (broad SMARTS) is 1. The number of aliphatic carboxylic acids is 1. The minimum absolute atomic E-state index is 0.000583. The van der Waals surface area contributed by atoms with Gasteiger partial charge < -0.3 is 29.2 Å². The van der Waals surface area contributed by atoms with Crippen molar-refractivity contribution < 1.29 is 34.0 Å². The van der Waals surface area contributed by atoms with E-state index < -0.39 is 12.1 Å². The SMILES string of the molecule is CC#CCC(C)(C)[C@@H](/C=C/[C@@H]1[C@@H](C/C=C\CCCC(=O)O)[C@@H](O)C[C@H]1OC1CCCCO1)OC1CCCCO1. The van der Waals surface area contributed by atoms with Crippen LogP contribution in [-0.2, 0) is 23.7 Å². The molecule has 0 radical (unpaired) electrons. The Hall–Kier alpha value is -1.69. The maximum Gasteiger partial charge on any atom is 0.303 e. The maximum atomic E-state index is 11.1. The topological polar surface area (TPSA) is 94.5 Å². The molecule has 0 spiro atoms. The highest BCUT2D eigenvalue weighted by molar-refractivity contribution is 5.66. The molecule has 1 aliphatic carbocycles. The number of carboxylic acids is 1. The number of rotatable bonds is 14. The highest BCUT2D eigenvalue weighted by Crippen LogP contribution is 2.40. The quantitative estimate of drug-likeness (QED) is 0.157. The van der Waals surface area contributed by atoms with E-state index in [0.717, 1.165) is 51.6 Å². The van der Waals surface area contributed by atoms with Crippen LogP contribution in [0.2, 0.25) is 0 Å². The third kappa shape index (κ3) is 10.7. The van der Waals surface area contributed by atoms with Gasteiger partial charge in [-0.25, -0.2) is 0 Å². The summed E-state index contributed by atoms with van der Waals surface area (Å²) in [4.78, 5) is 10.8. The molecule has 0 aromatic carbocycles. The summed E-state index contributed by atoms with van der Waals surface area (Å²) in [5.41, 5.74) is -0.222. The third-order valence-electron chi connectivity index (χ3n) is 8.13. The molecular formula is C32H50O7. The minimum Gasteiger partial charge on any atom is -0.481 e. The summed E-state index contributed by atoms with van der Waals surface area (Å²) in [5.74, 6) is 5.48. The highest BCUT2D eigenvalue weighted by atomic mass is 16.7. The fourth-order valence-corrected chi connectivity index (χ4v) is 5.70. The Bertz CT molecular complexity index is 842. The van der Waals surface area contributed by atoms with Crippen LogP contribution in [0.1, 0.15) is 97.8 Å². The van der Waals surface area contributed by atoms with Gasteiger partial charge in [0.2, 0.25) is 0 Å². The van der Waals surface area contributed by atoms with Gasteiger partial charge in [0, 0.05) is 43.8 Å². The lowest BCUT2D eigenvalue weighted by Gasteiger charge is -2.35. The first-order chi connectivity index (χ1) is 18.8. The second-order valence-electron chi connectivity index (χ2n) is 11.8. The molecule has 0 bridgehead atoms. The van der Waals surface area contributed by atoms with E-state index >= 15 is 0 Å². The zero-order valence-electron chi connectivity index (χ0n) is 24.2. The predicted molar refractivity (Wildman–Crippen MR) is 151 cm³/mol. The van der Waals surface area contributed by atoms with Crippen LogP contribution in [0.5, 0.6) is 0 Å². The standard InChI is InChI=1S/C32H50O7/c1-4-5-20-32(2,3)28(39-31-17-11-13-22-37-31)19-18-25-24(14-8-6-7-9-15-29(34)35)26(33)23-27(25)38-30-16-10-12-21-36-30/h6,8,18-19,24-28,30-31,33H,7,9-17,20-23H2,1-3H3,(H,34,35)/b8-6-,19-18+/t24-,25-,26+,27-,28-,30?,31?/m1/s1. The first-order valence-electron chi connectivity index (χ1n) is 15.0. The van der Waals surface area contributed by atoms with E-state index in [-0.39, 0.29) is 48.5 Å². The van der Waals surface area contributed by atoms with E-state index in [0.29, 0.717) is 32.3 Å². The first-order valence-corrected chi connectivity index (χ1v) is 15.0. The van der Waals surface area contributed by atoms with E-state index in [9.17, 15) is 9.90 Å². The van der Waals surface area contributed by atoms with Crippen LogP contribution in [0, 0.1) is 29.1 Å². The minimum atomic E-state index is -0.770. The van der Waals surface area contributed by atoms with Crippen molar-refractivity contribution in [3.63, 3.8) is 0 Å². The molecule has 0 aromatic heterocycles. The molecule has 2 heterocycles. The van der Waals surface area contributed by atoms with Crippen LogP contribution in [-0.4, -0.2) is 60.3 Å². The van der Waals surface area contributed by atoms with Crippen LogP contribution in [0.3, 0.4) is 0 Å². The van der Waals surface area contributed by atoms with E-state index in [1.807, 2.05) is 13.0 Å². The molecule has 2 N–H and O–H groups in total. The second kappa shape index (κ2) is 16.5. The monoisotopic (exact) mass is 546 g/mol. The van der Waals surface area contributed by atoms with Crippen molar-refractivity contribution in [3.05, 3.63) is 24.3 Å². The Balaban J connectivity index is 1.77. The Kier molecular flexibility index (Phi) is 13.5. The van der Waals surface area contributed by atoms with E-state index in [2.05, 4.69) is 43.9 Å². The molecule has 3 aliphatic rings. The second-order valence-corrected chi connectivity index (χ2v) is 11.8. The number of ether oxygens (including phenoxy) is 4. The molecule has 7 nitrogen and oxygen atoms in total. The van der Waals surface area contributed by atoms with Crippen LogP contribution in [0.15, 0.2) is 24.3 Å². The Morgan fingerprint density at radius 2 is 1.82 bits per heavy atom. The zero-order valence-corrected chi connectivity index (χ0v) is 24.2. The van der Waals surface area contributed by atoms with Gasteiger partial charge in [0.05, 0.1) is 18.3 Å². The van der Waals surface area contributed by atoms with Crippen molar-refractivity contribution in [3.8, 4) is 11.8 Å². The molecule has 2 saturated heterocycles. The van der Waals surface area contributed by atoms with Gasteiger partial charge in [-0.2, -0.15) is 0 Å². The number of aliphatic hydroxyl groups is 1. The molecule has 7 atom stereocenters. The van der Waals surface area contributed by atoms with Gasteiger partial charge in [-0.05, 0) is 70.6 Å². The van der Waals surface area contributed by atoms with Crippen LogP contribution < -0.4 is 0 Å². The third-order valence-corrected chi connectivity index (χ3v) is 8.13. The number of aliphatic hydroxyl groups excluding tert-OH is 1. The molecule has 39 heavy (non-hydrogen) atoms. The van der Waals surface area contributed by atoms with Gasteiger partial charge >= 0.3 is 5.97 Å². The van der Waals surface area contributed by atoms with Crippen molar-refractivity contribution in [1.29, 1.82) is 0 Å². The molecule has 1 saturated carbocycles. The Morgan fingerprint density at radius 3 is 2.46 bits per heavy atom. The van der Waals surface area contributed by atoms with Crippen molar-refractivity contribution in [2.75, 3.05) is 13.2 Å². The van der Waals surface area contributed by atoms with Gasteiger partial charge in [-0.1, -0.05) is 38.2 Å². The van der Waals surface area contributed by atoms with Crippen molar-refractivity contribution in [2.45, 2.75) is 129 Å². The van der Waals surface area contributed by atoms with Gasteiger partial charge in [-0.3, -0.25) is 4.79 Å². The van der Waals surface area contributed by atoms with E-state index in [1.54, 1.807) is 0 Å². The molecule has 220 valence electrons. The largest absolute Gasteiger partial charge is 0.481 e. The average molecular weight is 547 g/mol. The van der Waals surface area contributed by atoms with Crippen LogP contribution in [0.25, 0.3) is 0 Å². The van der Waals surface area contributed by atoms with Gasteiger partial charge in [0.1, 0.15) is 0 Å². The number of hydrogen-bond donors (Lipinski definition) is 2. The Morgan fingerprint density at radius 1 is 1.10 bits per heavy atom. The van der Waals surface area contributed by atoms with E-state index in [1.165, 1.54) is 0 Å². The average Bonchev–Trinajstić information content (AvgIpc) is 3.21. The van der Waals surface area contributed by atoms with Crippen molar-refractivity contribution in [1.82, 2.24) is 0 Å². The normalized spacial score (nSPS) is 30.9. The number of allylic oxidation sites excluding steroid dienone is 2. The Labute approximate surface area is 235 Å². The lowest BCUT2D eigenvalue weighted by atomic mass is 9.81. The van der Waals surface area contributed by atoms with Gasteiger partial charge in [-0.15, -0.1) is 11.8 Å². The number of carbonyl (C=O) groups is 1. The summed E-state index contributed by atoms with van der Waals surface area (Å²) in [6.07, 6.45) is 16.8. The zero-order chi connectivity index (χ0) is 28.1. The summed E-state index contributed by atoms with van der Waals surface area (Å²) in [7, 11) is 0. The summed E-state index contributed by atoms with van der Waals surface area (Å²) < 4.78 is 24.8. The molecule has 2 unspecified atom stereocenters. The van der Waals surface area contributed by atoms with Crippen LogP contribution >= 0.6 is 0 Å². The molecule has 0 amide bonds.